The van der Waals surface area contributed by atoms with Gasteiger partial charge in [-0.25, -0.2) is 0 Å². The molecule has 0 aliphatic heterocycles. The Morgan fingerprint density at radius 1 is 1.17 bits per heavy atom. The van der Waals surface area contributed by atoms with E-state index >= 15 is 0 Å². The van der Waals surface area contributed by atoms with Crippen LogP contribution in [0.4, 0.5) is 0 Å². The number of hydrogen-bond acceptors (Lipinski definition) is 1. The van der Waals surface area contributed by atoms with Crippen molar-refractivity contribution < 1.29 is 0 Å². The maximum absolute atomic E-state index is 3.40. The second-order valence-corrected chi connectivity index (χ2v) is 7.38. The van der Waals surface area contributed by atoms with E-state index in [0.717, 1.165) is 6.54 Å². The highest BCUT2D eigenvalue weighted by atomic mass is 127. The molecule has 0 aliphatic rings. The standard InChI is InChI=1S/C10H20IN/c1-9(2,3)12-8-6-7-10(4,5)11/h6-7,12H,8H2,1-5H3/b7-6+. The third-order valence-electron chi connectivity index (χ3n) is 1.26. The Balaban J connectivity index is 3.64. The first-order valence-corrected chi connectivity index (χ1v) is 5.40. The van der Waals surface area contributed by atoms with Crippen LogP contribution in [0, 0.1) is 0 Å². The van der Waals surface area contributed by atoms with E-state index in [1.54, 1.807) is 0 Å². The van der Waals surface area contributed by atoms with E-state index in [4.69, 9.17) is 0 Å². The van der Waals surface area contributed by atoms with Crippen molar-refractivity contribution in [2.45, 2.75) is 43.6 Å². The Bertz CT molecular complexity index is 148. The van der Waals surface area contributed by atoms with Gasteiger partial charge in [-0.3, -0.25) is 0 Å². The van der Waals surface area contributed by atoms with Crippen LogP contribution in [0.25, 0.3) is 0 Å². The topological polar surface area (TPSA) is 12.0 Å². The molecule has 72 valence electrons. The van der Waals surface area contributed by atoms with E-state index in [0.29, 0.717) is 0 Å². The third-order valence-corrected chi connectivity index (χ3v) is 1.62. The molecule has 0 spiro atoms. The van der Waals surface area contributed by atoms with Gasteiger partial charge in [0.2, 0.25) is 0 Å². The van der Waals surface area contributed by atoms with Crippen molar-refractivity contribution in [2.75, 3.05) is 6.54 Å². The minimum absolute atomic E-state index is 0.222. The van der Waals surface area contributed by atoms with Gasteiger partial charge in [-0.15, -0.1) is 0 Å². The molecule has 0 aliphatic carbocycles. The Morgan fingerprint density at radius 2 is 1.67 bits per heavy atom. The molecule has 0 fully saturated rings. The van der Waals surface area contributed by atoms with Crippen molar-refractivity contribution in [3.63, 3.8) is 0 Å². The van der Waals surface area contributed by atoms with Crippen LogP contribution in [0.2, 0.25) is 0 Å². The van der Waals surface area contributed by atoms with Gasteiger partial charge in [-0.2, -0.15) is 0 Å². The molecule has 0 unspecified atom stereocenters. The predicted octanol–water partition coefficient (Wildman–Crippen LogP) is 3.14. The van der Waals surface area contributed by atoms with Gasteiger partial charge in [-0.05, 0) is 34.6 Å². The number of alkyl halides is 1. The van der Waals surface area contributed by atoms with E-state index in [2.05, 4.69) is 74.7 Å². The molecular formula is C10H20IN. The zero-order valence-electron chi connectivity index (χ0n) is 8.74. The monoisotopic (exact) mass is 281 g/mol. The van der Waals surface area contributed by atoms with Crippen LogP contribution >= 0.6 is 22.6 Å². The molecule has 0 rings (SSSR count). The van der Waals surface area contributed by atoms with Crippen LogP contribution in [0.15, 0.2) is 12.2 Å². The molecule has 12 heavy (non-hydrogen) atoms. The maximum atomic E-state index is 3.40. The number of nitrogens with one attached hydrogen (secondary N) is 1. The summed E-state index contributed by atoms with van der Waals surface area (Å²) >= 11 is 2.42. The van der Waals surface area contributed by atoms with E-state index in [1.165, 1.54) is 0 Å². The van der Waals surface area contributed by atoms with Crippen molar-refractivity contribution >= 4 is 22.6 Å². The zero-order valence-corrected chi connectivity index (χ0v) is 10.9. The van der Waals surface area contributed by atoms with Gasteiger partial charge >= 0.3 is 0 Å². The number of halogens is 1. The van der Waals surface area contributed by atoms with Gasteiger partial charge < -0.3 is 5.32 Å². The number of rotatable bonds is 3. The second-order valence-electron chi connectivity index (χ2n) is 4.60. The lowest BCUT2D eigenvalue weighted by molar-refractivity contribution is 0.449. The lowest BCUT2D eigenvalue weighted by atomic mass is 10.1. The van der Waals surface area contributed by atoms with Crippen LogP contribution in [0.3, 0.4) is 0 Å². The molecule has 0 saturated carbocycles. The SMILES string of the molecule is CC(C)(I)/C=C/CNC(C)(C)C. The minimum Gasteiger partial charge on any atom is -0.309 e. The van der Waals surface area contributed by atoms with Crippen molar-refractivity contribution in [3.05, 3.63) is 12.2 Å². The molecule has 0 aromatic heterocycles. The van der Waals surface area contributed by atoms with Crippen LogP contribution in [-0.2, 0) is 0 Å². The molecule has 0 saturated heterocycles. The summed E-state index contributed by atoms with van der Waals surface area (Å²) in [5.74, 6) is 0. The molecule has 1 nitrogen and oxygen atoms in total. The lowest BCUT2D eigenvalue weighted by Gasteiger charge is -2.19. The molecule has 0 heterocycles. The average Bonchev–Trinajstić information content (AvgIpc) is 1.76. The average molecular weight is 281 g/mol. The highest BCUT2D eigenvalue weighted by molar-refractivity contribution is 14.1. The fourth-order valence-electron chi connectivity index (χ4n) is 0.704. The van der Waals surface area contributed by atoms with Gasteiger partial charge in [-0.1, -0.05) is 34.7 Å². The normalized spacial score (nSPS) is 14.2. The molecule has 0 atom stereocenters. The van der Waals surface area contributed by atoms with Gasteiger partial charge in [0.15, 0.2) is 0 Å². The largest absolute Gasteiger partial charge is 0.309 e. The first-order valence-electron chi connectivity index (χ1n) is 4.32. The maximum Gasteiger partial charge on any atom is 0.0345 e. The van der Waals surface area contributed by atoms with Crippen molar-refractivity contribution in [1.29, 1.82) is 0 Å². The van der Waals surface area contributed by atoms with Gasteiger partial charge in [0.1, 0.15) is 0 Å². The summed E-state index contributed by atoms with van der Waals surface area (Å²) < 4.78 is 0.275. The summed E-state index contributed by atoms with van der Waals surface area (Å²) in [7, 11) is 0. The van der Waals surface area contributed by atoms with Crippen molar-refractivity contribution in [1.82, 2.24) is 5.32 Å². The number of allylic oxidation sites excluding steroid dienone is 1. The zero-order chi connectivity index (χ0) is 9.83. The first kappa shape index (κ1) is 12.4. The van der Waals surface area contributed by atoms with Crippen LogP contribution < -0.4 is 5.32 Å². The smallest absolute Gasteiger partial charge is 0.0345 e. The molecule has 0 amide bonds. The molecular weight excluding hydrogens is 261 g/mol. The van der Waals surface area contributed by atoms with Crippen LogP contribution in [0.1, 0.15) is 34.6 Å². The molecule has 1 N–H and O–H groups in total. The van der Waals surface area contributed by atoms with E-state index in [9.17, 15) is 0 Å². The summed E-state index contributed by atoms with van der Waals surface area (Å²) in [6.07, 6.45) is 4.42. The molecule has 2 heteroatoms. The molecule has 0 radical (unpaired) electrons. The van der Waals surface area contributed by atoms with Gasteiger partial charge in [0.05, 0.1) is 0 Å². The molecule has 0 bridgehead atoms. The first-order chi connectivity index (χ1) is 5.21. The van der Waals surface area contributed by atoms with E-state index in [1.807, 2.05) is 0 Å². The van der Waals surface area contributed by atoms with Crippen molar-refractivity contribution in [3.8, 4) is 0 Å². The summed E-state index contributed by atoms with van der Waals surface area (Å²) in [6, 6.07) is 0. The highest BCUT2D eigenvalue weighted by Crippen LogP contribution is 2.17. The van der Waals surface area contributed by atoms with Crippen LogP contribution in [-0.4, -0.2) is 15.5 Å². The Hall–Kier alpha value is 0.430. The molecule has 0 aromatic carbocycles. The second kappa shape index (κ2) is 4.61. The third kappa shape index (κ3) is 10.4. The summed E-state index contributed by atoms with van der Waals surface area (Å²) in [5, 5.41) is 3.40. The van der Waals surface area contributed by atoms with E-state index in [-0.39, 0.29) is 8.96 Å². The van der Waals surface area contributed by atoms with Crippen LogP contribution in [0.5, 0.6) is 0 Å². The highest BCUT2D eigenvalue weighted by Gasteiger charge is 2.08. The summed E-state index contributed by atoms with van der Waals surface area (Å²) in [6.45, 7) is 11.9. The fraction of sp³-hybridized carbons (Fsp3) is 0.800. The Kier molecular flexibility index (Phi) is 4.77. The summed E-state index contributed by atoms with van der Waals surface area (Å²) in [5.41, 5.74) is 0.222. The van der Waals surface area contributed by atoms with E-state index < -0.39 is 0 Å². The quantitative estimate of drug-likeness (QED) is 0.476. The Labute approximate surface area is 90.1 Å². The minimum atomic E-state index is 0.222. The Morgan fingerprint density at radius 3 is 2.00 bits per heavy atom. The van der Waals surface area contributed by atoms with Crippen molar-refractivity contribution in [2.24, 2.45) is 0 Å². The molecule has 0 aromatic rings. The van der Waals surface area contributed by atoms with Gasteiger partial charge in [0.25, 0.3) is 0 Å². The van der Waals surface area contributed by atoms with Gasteiger partial charge in [0, 0.05) is 15.5 Å². The predicted molar refractivity (Wildman–Crippen MR) is 65.0 cm³/mol. The lowest BCUT2D eigenvalue weighted by Crippen LogP contribution is -2.35. The fourth-order valence-corrected chi connectivity index (χ4v) is 0.959. The summed E-state index contributed by atoms with van der Waals surface area (Å²) in [4.78, 5) is 0. The number of hydrogen-bond donors (Lipinski definition) is 1.